The van der Waals surface area contributed by atoms with Gasteiger partial charge in [0, 0.05) is 11.8 Å². The van der Waals surface area contributed by atoms with Gasteiger partial charge >= 0.3 is 0 Å². The van der Waals surface area contributed by atoms with Crippen LogP contribution < -0.4 is 4.72 Å². The molecule has 0 spiro atoms. The van der Waals surface area contributed by atoms with E-state index in [4.69, 9.17) is 0 Å². The highest BCUT2D eigenvalue weighted by molar-refractivity contribution is 7.98. The summed E-state index contributed by atoms with van der Waals surface area (Å²) < 4.78 is 3.40. The molecule has 0 aromatic heterocycles. The van der Waals surface area contributed by atoms with Gasteiger partial charge in [-0.1, -0.05) is 24.8 Å². The summed E-state index contributed by atoms with van der Waals surface area (Å²) in [5.41, 5.74) is 0. The third kappa shape index (κ3) is 1.32. The second-order valence-electron chi connectivity index (χ2n) is 3.38. The van der Waals surface area contributed by atoms with Crippen LogP contribution in [0.2, 0.25) is 0 Å². The second-order valence-corrected chi connectivity index (χ2v) is 4.51. The zero-order chi connectivity index (χ0) is 6.81. The molecule has 2 fully saturated rings. The fraction of sp³-hybridized carbons (Fsp3) is 1.00. The van der Waals surface area contributed by atoms with Gasteiger partial charge in [-0.3, -0.25) is 4.72 Å². The van der Waals surface area contributed by atoms with Gasteiger partial charge in [0.2, 0.25) is 0 Å². The summed E-state index contributed by atoms with van der Waals surface area (Å²) >= 11 is 2.00. The van der Waals surface area contributed by atoms with E-state index in [1.807, 2.05) is 11.9 Å². The van der Waals surface area contributed by atoms with Crippen molar-refractivity contribution in [2.75, 3.05) is 6.54 Å². The molecule has 1 saturated heterocycles. The van der Waals surface area contributed by atoms with Crippen LogP contribution >= 0.6 is 11.9 Å². The molecule has 2 aliphatic rings. The molecule has 1 saturated carbocycles. The molecule has 58 valence electrons. The van der Waals surface area contributed by atoms with Gasteiger partial charge in [-0.05, 0) is 25.2 Å². The molecule has 0 bridgehead atoms. The molecule has 2 unspecified atom stereocenters. The van der Waals surface area contributed by atoms with Gasteiger partial charge < -0.3 is 0 Å². The monoisotopic (exact) mass is 157 g/mol. The average molecular weight is 157 g/mol. The molecular formula is C8H15NS. The molecule has 2 atom stereocenters. The Balaban J connectivity index is 1.93. The van der Waals surface area contributed by atoms with Gasteiger partial charge in [0.15, 0.2) is 0 Å². The van der Waals surface area contributed by atoms with Crippen LogP contribution in [-0.2, 0) is 0 Å². The maximum atomic E-state index is 3.40. The average Bonchev–Trinajstić information content (AvgIpc) is 2.05. The van der Waals surface area contributed by atoms with Crippen molar-refractivity contribution in [2.45, 2.75) is 37.4 Å². The molecule has 2 rings (SSSR count). The van der Waals surface area contributed by atoms with Crippen LogP contribution in [0.3, 0.4) is 0 Å². The second kappa shape index (κ2) is 3.14. The van der Waals surface area contributed by atoms with E-state index in [0.29, 0.717) is 0 Å². The van der Waals surface area contributed by atoms with Crippen LogP contribution in [0.4, 0.5) is 0 Å². The van der Waals surface area contributed by atoms with Crippen molar-refractivity contribution in [1.29, 1.82) is 0 Å². The molecule has 1 nitrogen and oxygen atoms in total. The molecule has 1 N–H and O–H groups in total. The highest BCUT2D eigenvalue weighted by Crippen LogP contribution is 2.36. The summed E-state index contributed by atoms with van der Waals surface area (Å²) in [6, 6.07) is 0. The molecule has 1 heterocycles. The van der Waals surface area contributed by atoms with E-state index >= 15 is 0 Å². The highest BCUT2D eigenvalue weighted by atomic mass is 32.2. The van der Waals surface area contributed by atoms with Crippen LogP contribution in [0.25, 0.3) is 0 Å². The summed E-state index contributed by atoms with van der Waals surface area (Å²) in [6.45, 7) is 1.24. The quantitative estimate of drug-likeness (QED) is 0.541. The number of hydrogen-bond donors (Lipinski definition) is 1. The smallest absolute Gasteiger partial charge is 0.0221 e. The van der Waals surface area contributed by atoms with E-state index in [2.05, 4.69) is 4.72 Å². The van der Waals surface area contributed by atoms with Crippen LogP contribution in [-0.4, -0.2) is 11.8 Å². The topological polar surface area (TPSA) is 12.0 Å². The van der Waals surface area contributed by atoms with Crippen molar-refractivity contribution < 1.29 is 0 Å². The first-order chi connectivity index (χ1) is 4.97. The molecule has 0 aromatic carbocycles. The fourth-order valence-corrected chi connectivity index (χ4v) is 3.27. The predicted molar refractivity (Wildman–Crippen MR) is 46.0 cm³/mol. The number of hydrogen-bond acceptors (Lipinski definition) is 2. The van der Waals surface area contributed by atoms with Crippen LogP contribution in [0.1, 0.15) is 32.1 Å². The Morgan fingerprint density at radius 2 is 2.00 bits per heavy atom. The molecule has 0 aromatic rings. The largest absolute Gasteiger partial charge is 0.264 e. The Hall–Kier alpha value is 0.310. The Labute approximate surface area is 67.1 Å². The van der Waals surface area contributed by atoms with Gasteiger partial charge in [-0.15, -0.1) is 0 Å². The Morgan fingerprint density at radius 1 is 1.10 bits per heavy atom. The SMILES string of the molecule is C1CCC2SNCCC2C1. The maximum Gasteiger partial charge on any atom is 0.0221 e. The lowest BCUT2D eigenvalue weighted by Gasteiger charge is -2.34. The highest BCUT2D eigenvalue weighted by Gasteiger charge is 2.27. The molecule has 1 aliphatic heterocycles. The van der Waals surface area contributed by atoms with Gasteiger partial charge in [-0.25, -0.2) is 0 Å². The van der Waals surface area contributed by atoms with E-state index in [0.717, 1.165) is 11.2 Å². The number of rotatable bonds is 0. The molecule has 0 radical (unpaired) electrons. The lowest BCUT2D eigenvalue weighted by Crippen LogP contribution is -2.32. The van der Waals surface area contributed by atoms with E-state index in [9.17, 15) is 0 Å². The van der Waals surface area contributed by atoms with Crippen LogP contribution in [0.15, 0.2) is 0 Å². The third-order valence-electron chi connectivity index (χ3n) is 2.69. The van der Waals surface area contributed by atoms with Crippen molar-refractivity contribution in [3.8, 4) is 0 Å². The Kier molecular flexibility index (Phi) is 2.19. The zero-order valence-electron chi connectivity index (χ0n) is 6.31. The summed E-state index contributed by atoms with van der Waals surface area (Å²) in [5, 5.41) is 0.961. The zero-order valence-corrected chi connectivity index (χ0v) is 7.12. The summed E-state index contributed by atoms with van der Waals surface area (Å²) in [5.74, 6) is 1.06. The van der Waals surface area contributed by atoms with E-state index < -0.39 is 0 Å². The molecule has 10 heavy (non-hydrogen) atoms. The lowest BCUT2D eigenvalue weighted by molar-refractivity contribution is 0.340. The van der Waals surface area contributed by atoms with Crippen molar-refractivity contribution in [3.63, 3.8) is 0 Å². The minimum atomic E-state index is 0.961. The van der Waals surface area contributed by atoms with Gasteiger partial charge in [0.1, 0.15) is 0 Å². The van der Waals surface area contributed by atoms with E-state index in [1.54, 1.807) is 0 Å². The minimum Gasteiger partial charge on any atom is -0.264 e. The van der Waals surface area contributed by atoms with Crippen molar-refractivity contribution in [2.24, 2.45) is 5.92 Å². The van der Waals surface area contributed by atoms with Gasteiger partial charge in [-0.2, -0.15) is 0 Å². The van der Waals surface area contributed by atoms with E-state index in [-0.39, 0.29) is 0 Å². The normalized spacial score (nSPS) is 40.8. The molecule has 1 aliphatic carbocycles. The number of fused-ring (bicyclic) bond motifs is 1. The van der Waals surface area contributed by atoms with Crippen molar-refractivity contribution in [3.05, 3.63) is 0 Å². The van der Waals surface area contributed by atoms with Gasteiger partial charge in [0.25, 0.3) is 0 Å². The fourth-order valence-electron chi connectivity index (χ4n) is 2.07. The Morgan fingerprint density at radius 3 is 2.90 bits per heavy atom. The lowest BCUT2D eigenvalue weighted by atomic mass is 9.86. The molecular weight excluding hydrogens is 142 g/mol. The van der Waals surface area contributed by atoms with E-state index in [1.165, 1.54) is 38.6 Å². The van der Waals surface area contributed by atoms with Crippen molar-refractivity contribution in [1.82, 2.24) is 4.72 Å². The predicted octanol–water partition coefficient (Wildman–Crippen LogP) is 2.19. The molecule has 0 amide bonds. The summed E-state index contributed by atoms with van der Waals surface area (Å²) in [7, 11) is 0. The van der Waals surface area contributed by atoms with Crippen LogP contribution in [0, 0.1) is 5.92 Å². The first kappa shape index (κ1) is 6.99. The minimum absolute atomic E-state index is 0.961. The van der Waals surface area contributed by atoms with Crippen molar-refractivity contribution >= 4 is 11.9 Å². The summed E-state index contributed by atoms with van der Waals surface area (Å²) in [4.78, 5) is 0. The Bertz CT molecular complexity index is 89.8. The third-order valence-corrected chi connectivity index (χ3v) is 3.99. The molecule has 2 heteroatoms. The standard InChI is InChI=1S/C8H15NS/c1-2-4-8-7(3-1)5-6-9-10-8/h7-9H,1-6H2. The number of nitrogens with one attached hydrogen (secondary N) is 1. The first-order valence-electron chi connectivity index (χ1n) is 4.35. The maximum absolute atomic E-state index is 3.40. The van der Waals surface area contributed by atoms with Crippen LogP contribution in [0.5, 0.6) is 0 Å². The van der Waals surface area contributed by atoms with Gasteiger partial charge in [0.05, 0.1) is 0 Å². The first-order valence-corrected chi connectivity index (χ1v) is 5.23. The summed E-state index contributed by atoms with van der Waals surface area (Å²) in [6.07, 6.45) is 7.34.